The largest absolute Gasteiger partial charge is 0.490 e. The van der Waals surface area contributed by atoms with Gasteiger partial charge in [0.15, 0.2) is 0 Å². The number of aromatic nitrogens is 2. The highest BCUT2D eigenvalue weighted by Gasteiger charge is 2.29. The fourth-order valence-electron chi connectivity index (χ4n) is 3.25. The summed E-state index contributed by atoms with van der Waals surface area (Å²) in [6.45, 7) is 1.77. The first-order chi connectivity index (χ1) is 13.6. The van der Waals surface area contributed by atoms with Crippen LogP contribution in [-0.2, 0) is 9.53 Å². The number of hydrogen-bond acceptors (Lipinski definition) is 4. The quantitative estimate of drug-likeness (QED) is 0.728. The Labute approximate surface area is 161 Å². The van der Waals surface area contributed by atoms with Crippen molar-refractivity contribution in [3.8, 4) is 11.1 Å². The fraction of sp³-hybridized carbons (Fsp3) is 0.136. The number of H-pyrrole nitrogens is 1. The van der Waals surface area contributed by atoms with Crippen molar-refractivity contribution >= 4 is 11.6 Å². The number of pyridine rings is 2. The van der Waals surface area contributed by atoms with E-state index in [1.165, 1.54) is 0 Å². The van der Waals surface area contributed by atoms with Gasteiger partial charge in [-0.25, -0.2) is 0 Å². The van der Waals surface area contributed by atoms with Crippen molar-refractivity contribution in [2.45, 2.75) is 19.4 Å². The number of amides is 1. The van der Waals surface area contributed by atoms with E-state index >= 15 is 0 Å². The van der Waals surface area contributed by atoms with Crippen molar-refractivity contribution in [3.05, 3.63) is 94.4 Å². The van der Waals surface area contributed by atoms with Gasteiger partial charge in [0.25, 0.3) is 11.5 Å². The van der Waals surface area contributed by atoms with Crippen LogP contribution in [0.4, 0.5) is 5.69 Å². The first-order valence-corrected chi connectivity index (χ1v) is 8.97. The molecule has 6 nitrogen and oxygen atoms in total. The maximum Gasteiger partial charge on any atom is 0.271 e. The highest BCUT2D eigenvalue weighted by Crippen LogP contribution is 2.36. The van der Waals surface area contributed by atoms with E-state index in [1.54, 1.807) is 31.6 Å². The average molecular weight is 373 g/mol. The average Bonchev–Trinajstić information content (AvgIpc) is 3.13. The normalized spacial score (nSPS) is 16.0. The van der Waals surface area contributed by atoms with Crippen molar-refractivity contribution in [1.82, 2.24) is 9.97 Å². The van der Waals surface area contributed by atoms with Crippen molar-refractivity contribution < 1.29 is 9.53 Å². The van der Waals surface area contributed by atoms with E-state index in [2.05, 4.69) is 15.3 Å². The van der Waals surface area contributed by atoms with Crippen LogP contribution in [-0.4, -0.2) is 15.9 Å². The number of carbonyl (C=O) groups excluding carboxylic acids is 1. The molecule has 0 aliphatic carbocycles. The van der Waals surface area contributed by atoms with Gasteiger partial charge in [-0.05, 0) is 36.2 Å². The SMILES string of the molecule is CC1=C(C(=O)Nc2cc(-c3ccncc3)c[nH]c2=O)CC(c2ccccc2)O1. The first kappa shape index (κ1) is 17.7. The van der Waals surface area contributed by atoms with Gasteiger partial charge < -0.3 is 15.0 Å². The zero-order chi connectivity index (χ0) is 19.5. The Balaban J connectivity index is 1.54. The van der Waals surface area contributed by atoms with Gasteiger partial charge >= 0.3 is 0 Å². The second kappa shape index (κ2) is 7.52. The molecule has 140 valence electrons. The summed E-state index contributed by atoms with van der Waals surface area (Å²) in [5, 5.41) is 2.73. The van der Waals surface area contributed by atoms with Gasteiger partial charge in [0, 0.05) is 30.6 Å². The molecule has 1 amide bonds. The summed E-state index contributed by atoms with van der Waals surface area (Å²) in [4.78, 5) is 31.6. The molecule has 0 saturated carbocycles. The Morgan fingerprint density at radius 2 is 1.89 bits per heavy atom. The van der Waals surface area contributed by atoms with E-state index in [0.29, 0.717) is 17.8 Å². The zero-order valence-corrected chi connectivity index (χ0v) is 15.3. The lowest BCUT2D eigenvalue weighted by Crippen LogP contribution is -2.21. The van der Waals surface area contributed by atoms with Crippen LogP contribution in [0.2, 0.25) is 0 Å². The summed E-state index contributed by atoms with van der Waals surface area (Å²) in [5.41, 5.74) is 3.08. The summed E-state index contributed by atoms with van der Waals surface area (Å²) in [5.74, 6) is 0.251. The van der Waals surface area contributed by atoms with Crippen molar-refractivity contribution in [2.75, 3.05) is 5.32 Å². The molecule has 1 unspecified atom stereocenters. The van der Waals surface area contributed by atoms with Crippen LogP contribution >= 0.6 is 0 Å². The number of ether oxygens (including phenoxy) is 1. The topological polar surface area (TPSA) is 84.1 Å². The monoisotopic (exact) mass is 373 g/mol. The molecular formula is C22H19N3O3. The molecule has 2 N–H and O–H groups in total. The van der Waals surface area contributed by atoms with Gasteiger partial charge in [0.2, 0.25) is 0 Å². The molecule has 0 radical (unpaired) electrons. The summed E-state index contributed by atoms with van der Waals surface area (Å²) in [6, 6.07) is 15.1. The molecule has 4 rings (SSSR count). The van der Waals surface area contributed by atoms with E-state index in [9.17, 15) is 9.59 Å². The highest BCUT2D eigenvalue weighted by molar-refractivity contribution is 6.04. The van der Waals surface area contributed by atoms with E-state index in [-0.39, 0.29) is 23.3 Å². The van der Waals surface area contributed by atoms with Gasteiger partial charge in [-0.15, -0.1) is 0 Å². The molecule has 1 aliphatic rings. The Morgan fingerprint density at radius 1 is 1.14 bits per heavy atom. The van der Waals surface area contributed by atoms with Crippen LogP contribution in [0.15, 0.2) is 83.2 Å². The number of anilines is 1. The molecule has 1 aliphatic heterocycles. The molecular weight excluding hydrogens is 354 g/mol. The van der Waals surface area contributed by atoms with Crippen LogP contribution in [0.25, 0.3) is 11.1 Å². The van der Waals surface area contributed by atoms with Gasteiger partial charge in [-0.2, -0.15) is 0 Å². The van der Waals surface area contributed by atoms with Crippen LogP contribution in [0, 0.1) is 0 Å². The number of nitrogens with one attached hydrogen (secondary N) is 2. The fourth-order valence-corrected chi connectivity index (χ4v) is 3.25. The third-order valence-electron chi connectivity index (χ3n) is 4.74. The van der Waals surface area contributed by atoms with Crippen LogP contribution in [0.5, 0.6) is 0 Å². The molecule has 0 bridgehead atoms. The molecule has 3 aromatic rings. The maximum atomic E-state index is 12.8. The highest BCUT2D eigenvalue weighted by atomic mass is 16.5. The molecule has 6 heteroatoms. The van der Waals surface area contributed by atoms with Crippen LogP contribution in [0.3, 0.4) is 0 Å². The number of aromatic amines is 1. The van der Waals surface area contributed by atoms with Crippen LogP contribution < -0.4 is 10.9 Å². The predicted molar refractivity (Wildman–Crippen MR) is 107 cm³/mol. The van der Waals surface area contributed by atoms with Crippen LogP contribution in [0.1, 0.15) is 25.0 Å². The zero-order valence-electron chi connectivity index (χ0n) is 15.3. The van der Waals surface area contributed by atoms with E-state index in [4.69, 9.17) is 4.74 Å². The second-order valence-electron chi connectivity index (χ2n) is 6.58. The minimum Gasteiger partial charge on any atom is -0.490 e. The summed E-state index contributed by atoms with van der Waals surface area (Å²) in [7, 11) is 0. The lowest BCUT2D eigenvalue weighted by molar-refractivity contribution is -0.113. The Kier molecular flexibility index (Phi) is 4.76. The Hall–Kier alpha value is -3.67. The van der Waals surface area contributed by atoms with Gasteiger partial charge in [-0.1, -0.05) is 30.3 Å². The standard InChI is InChI=1S/C22H19N3O3/c1-14-18(12-20(28-14)16-5-3-2-4-6-16)21(26)25-19-11-17(13-24-22(19)27)15-7-9-23-10-8-15/h2-11,13,20H,12H2,1H3,(H,24,27)(H,25,26). The van der Waals surface area contributed by atoms with Crippen molar-refractivity contribution in [2.24, 2.45) is 0 Å². The lowest BCUT2D eigenvalue weighted by atomic mass is 10.0. The molecule has 1 atom stereocenters. The number of carbonyl (C=O) groups is 1. The molecule has 2 aromatic heterocycles. The number of rotatable bonds is 4. The minimum absolute atomic E-state index is 0.191. The predicted octanol–water partition coefficient (Wildman–Crippen LogP) is 3.81. The Morgan fingerprint density at radius 3 is 2.64 bits per heavy atom. The van der Waals surface area contributed by atoms with Crippen molar-refractivity contribution in [1.29, 1.82) is 0 Å². The van der Waals surface area contributed by atoms with E-state index in [1.807, 2.05) is 42.5 Å². The Bertz CT molecular complexity index is 1090. The third kappa shape index (κ3) is 3.57. The number of nitrogens with zero attached hydrogens (tertiary/aromatic N) is 1. The first-order valence-electron chi connectivity index (χ1n) is 8.97. The van der Waals surface area contributed by atoms with Gasteiger partial charge in [0.05, 0.1) is 5.57 Å². The number of allylic oxidation sites excluding steroid dienone is 1. The summed E-state index contributed by atoms with van der Waals surface area (Å²) in [6.07, 6.45) is 5.23. The van der Waals surface area contributed by atoms with Gasteiger partial charge in [0.1, 0.15) is 17.6 Å². The molecule has 1 aromatic carbocycles. The molecule has 0 fully saturated rings. The van der Waals surface area contributed by atoms with Crippen molar-refractivity contribution in [3.63, 3.8) is 0 Å². The third-order valence-corrected chi connectivity index (χ3v) is 4.74. The van der Waals surface area contributed by atoms with Gasteiger partial charge in [-0.3, -0.25) is 14.6 Å². The smallest absolute Gasteiger partial charge is 0.271 e. The number of benzene rings is 1. The van der Waals surface area contributed by atoms with E-state index < -0.39 is 0 Å². The summed E-state index contributed by atoms with van der Waals surface area (Å²) < 4.78 is 5.87. The number of hydrogen-bond donors (Lipinski definition) is 2. The second-order valence-corrected chi connectivity index (χ2v) is 6.58. The maximum absolute atomic E-state index is 12.8. The molecule has 0 spiro atoms. The molecule has 0 saturated heterocycles. The molecule has 28 heavy (non-hydrogen) atoms. The minimum atomic E-state index is -0.358. The summed E-state index contributed by atoms with van der Waals surface area (Å²) >= 11 is 0. The van der Waals surface area contributed by atoms with E-state index in [0.717, 1.165) is 16.7 Å². The molecule has 3 heterocycles. The lowest BCUT2D eigenvalue weighted by Gasteiger charge is -2.11.